The second-order valence-corrected chi connectivity index (χ2v) is 6.57. The Morgan fingerprint density at radius 3 is 2.22 bits per heavy atom. The summed E-state index contributed by atoms with van der Waals surface area (Å²) in [5, 5.41) is 4.99. The SMILES string of the molecule is CCOC(=O)NC(=O)CN(CC)CC(=O)NCCc1ccc(C(C)C)cc1. The molecule has 2 N–H and O–H groups in total. The van der Waals surface area contributed by atoms with Crippen molar-refractivity contribution in [1.82, 2.24) is 15.5 Å². The van der Waals surface area contributed by atoms with Crippen LogP contribution in [-0.4, -0.2) is 55.6 Å². The van der Waals surface area contributed by atoms with Crippen molar-refractivity contribution in [3.05, 3.63) is 35.4 Å². The first-order valence-corrected chi connectivity index (χ1v) is 9.40. The van der Waals surface area contributed by atoms with Gasteiger partial charge in [0.05, 0.1) is 19.7 Å². The average molecular weight is 377 g/mol. The smallest absolute Gasteiger partial charge is 0.413 e. The fourth-order valence-electron chi connectivity index (χ4n) is 2.48. The third-order valence-electron chi connectivity index (χ3n) is 4.08. The Morgan fingerprint density at radius 1 is 1.04 bits per heavy atom. The predicted octanol–water partition coefficient (Wildman–Crippen LogP) is 2.06. The van der Waals surface area contributed by atoms with Gasteiger partial charge in [-0.2, -0.15) is 0 Å². The van der Waals surface area contributed by atoms with Gasteiger partial charge in [-0.25, -0.2) is 4.79 Å². The number of likely N-dealkylation sites (N-methyl/N-ethyl adjacent to an activating group) is 1. The van der Waals surface area contributed by atoms with Crippen LogP contribution < -0.4 is 10.6 Å². The molecule has 7 heteroatoms. The number of imide groups is 1. The number of carbonyl (C=O) groups excluding carboxylic acids is 3. The Kier molecular flexibility index (Phi) is 10.1. The first-order valence-electron chi connectivity index (χ1n) is 9.40. The maximum atomic E-state index is 12.1. The minimum atomic E-state index is -0.772. The number of carbonyl (C=O) groups is 3. The lowest BCUT2D eigenvalue weighted by atomic mass is 10.0. The van der Waals surface area contributed by atoms with Crippen molar-refractivity contribution in [2.75, 3.05) is 32.8 Å². The number of nitrogens with zero attached hydrogens (tertiary/aromatic N) is 1. The van der Waals surface area contributed by atoms with Gasteiger partial charge in [-0.05, 0) is 36.9 Å². The fraction of sp³-hybridized carbons (Fsp3) is 0.550. The van der Waals surface area contributed by atoms with Gasteiger partial charge in [-0.3, -0.25) is 19.8 Å². The number of amides is 3. The van der Waals surface area contributed by atoms with Crippen LogP contribution in [0.25, 0.3) is 0 Å². The van der Waals surface area contributed by atoms with Gasteiger partial charge in [-0.15, -0.1) is 0 Å². The second-order valence-electron chi connectivity index (χ2n) is 6.57. The van der Waals surface area contributed by atoms with E-state index in [0.717, 1.165) is 6.42 Å². The van der Waals surface area contributed by atoms with E-state index in [1.54, 1.807) is 11.8 Å². The van der Waals surface area contributed by atoms with Crippen molar-refractivity contribution < 1.29 is 19.1 Å². The normalized spacial score (nSPS) is 10.7. The summed E-state index contributed by atoms with van der Waals surface area (Å²) in [4.78, 5) is 36.7. The molecular formula is C20H31N3O4. The van der Waals surface area contributed by atoms with Gasteiger partial charge >= 0.3 is 6.09 Å². The van der Waals surface area contributed by atoms with Crippen LogP contribution in [0.5, 0.6) is 0 Å². The van der Waals surface area contributed by atoms with Gasteiger partial charge in [0.1, 0.15) is 0 Å². The first-order chi connectivity index (χ1) is 12.8. The Balaban J connectivity index is 2.34. The van der Waals surface area contributed by atoms with Crippen LogP contribution >= 0.6 is 0 Å². The summed E-state index contributed by atoms with van der Waals surface area (Å²) in [5.41, 5.74) is 2.46. The molecule has 0 aromatic heterocycles. The van der Waals surface area contributed by atoms with Crippen LogP contribution in [0, 0.1) is 0 Å². The zero-order chi connectivity index (χ0) is 20.2. The lowest BCUT2D eigenvalue weighted by Crippen LogP contribution is -2.44. The maximum absolute atomic E-state index is 12.1. The third-order valence-corrected chi connectivity index (χ3v) is 4.08. The van der Waals surface area contributed by atoms with E-state index in [-0.39, 0.29) is 25.6 Å². The predicted molar refractivity (Wildman–Crippen MR) is 105 cm³/mol. The molecule has 3 amide bonds. The maximum Gasteiger partial charge on any atom is 0.413 e. The topological polar surface area (TPSA) is 87.7 Å². The van der Waals surface area contributed by atoms with Gasteiger partial charge in [0.15, 0.2) is 0 Å². The molecule has 1 rings (SSSR count). The van der Waals surface area contributed by atoms with E-state index < -0.39 is 12.0 Å². The van der Waals surface area contributed by atoms with Crippen LogP contribution in [0.2, 0.25) is 0 Å². The molecule has 0 aliphatic carbocycles. The number of benzene rings is 1. The Hall–Kier alpha value is -2.41. The summed E-state index contributed by atoms with van der Waals surface area (Å²) in [7, 11) is 0. The Morgan fingerprint density at radius 2 is 1.67 bits per heavy atom. The molecule has 0 saturated heterocycles. The summed E-state index contributed by atoms with van der Waals surface area (Å²) < 4.78 is 4.66. The highest BCUT2D eigenvalue weighted by atomic mass is 16.5. The van der Waals surface area contributed by atoms with Crippen LogP contribution in [0.15, 0.2) is 24.3 Å². The summed E-state index contributed by atoms with van der Waals surface area (Å²) in [6.45, 7) is 9.11. The monoisotopic (exact) mass is 377 g/mol. The third kappa shape index (κ3) is 9.19. The first kappa shape index (κ1) is 22.6. The second kappa shape index (κ2) is 12.1. The molecule has 0 radical (unpaired) electrons. The number of rotatable bonds is 10. The largest absolute Gasteiger partial charge is 0.450 e. The highest BCUT2D eigenvalue weighted by Crippen LogP contribution is 2.14. The average Bonchev–Trinajstić information content (AvgIpc) is 2.61. The van der Waals surface area contributed by atoms with Crippen LogP contribution in [-0.2, 0) is 20.7 Å². The molecule has 0 fully saturated rings. The van der Waals surface area contributed by atoms with E-state index in [2.05, 4.69) is 53.5 Å². The van der Waals surface area contributed by atoms with Crippen molar-refractivity contribution in [2.45, 2.75) is 40.0 Å². The van der Waals surface area contributed by atoms with E-state index in [9.17, 15) is 14.4 Å². The number of hydrogen-bond acceptors (Lipinski definition) is 5. The Bertz CT molecular complexity index is 614. The fourth-order valence-corrected chi connectivity index (χ4v) is 2.48. The Labute approximate surface area is 161 Å². The molecule has 0 unspecified atom stereocenters. The standard InChI is InChI=1S/C20H31N3O4/c1-5-23(14-19(25)22-20(26)27-6-2)13-18(24)21-12-11-16-7-9-17(10-8-16)15(3)4/h7-10,15H,5-6,11-14H2,1-4H3,(H,21,24)(H,22,25,26). The summed E-state index contributed by atoms with van der Waals surface area (Å²) in [6.07, 6.45) is -0.0222. The number of hydrogen-bond donors (Lipinski definition) is 2. The van der Waals surface area contributed by atoms with Gasteiger partial charge < -0.3 is 10.1 Å². The lowest BCUT2D eigenvalue weighted by molar-refractivity contribution is -0.124. The van der Waals surface area contributed by atoms with Crippen LogP contribution in [0.4, 0.5) is 4.79 Å². The molecule has 150 valence electrons. The lowest BCUT2D eigenvalue weighted by Gasteiger charge is -2.19. The molecule has 0 aliphatic rings. The molecule has 0 aliphatic heterocycles. The molecule has 1 aromatic rings. The quantitative estimate of drug-likeness (QED) is 0.652. The van der Waals surface area contributed by atoms with Crippen LogP contribution in [0.1, 0.15) is 44.7 Å². The molecule has 1 aromatic carbocycles. The number of nitrogens with one attached hydrogen (secondary N) is 2. The molecule has 0 heterocycles. The van der Waals surface area contributed by atoms with Crippen molar-refractivity contribution in [2.24, 2.45) is 0 Å². The van der Waals surface area contributed by atoms with Gasteiger partial charge in [-0.1, -0.05) is 45.0 Å². The van der Waals surface area contributed by atoms with Gasteiger partial charge in [0.25, 0.3) is 0 Å². The number of ether oxygens (including phenoxy) is 1. The molecule has 0 bridgehead atoms. The minimum absolute atomic E-state index is 0.0423. The van der Waals surface area contributed by atoms with E-state index in [1.165, 1.54) is 11.1 Å². The summed E-state index contributed by atoms with van der Waals surface area (Å²) >= 11 is 0. The molecule has 0 atom stereocenters. The highest BCUT2D eigenvalue weighted by molar-refractivity contribution is 5.93. The molecule has 27 heavy (non-hydrogen) atoms. The zero-order valence-corrected chi connectivity index (χ0v) is 16.7. The minimum Gasteiger partial charge on any atom is -0.450 e. The molecule has 0 spiro atoms. The van der Waals surface area contributed by atoms with E-state index in [4.69, 9.17) is 0 Å². The van der Waals surface area contributed by atoms with Crippen molar-refractivity contribution in [3.8, 4) is 0 Å². The molecule has 7 nitrogen and oxygen atoms in total. The highest BCUT2D eigenvalue weighted by Gasteiger charge is 2.15. The molecule has 0 saturated carbocycles. The van der Waals surface area contributed by atoms with Gasteiger partial charge in [0.2, 0.25) is 11.8 Å². The van der Waals surface area contributed by atoms with Gasteiger partial charge in [0, 0.05) is 6.54 Å². The number of alkyl carbamates (subject to hydrolysis) is 1. The van der Waals surface area contributed by atoms with E-state index in [0.29, 0.717) is 19.0 Å². The van der Waals surface area contributed by atoms with Crippen molar-refractivity contribution >= 4 is 17.9 Å². The van der Waals surface area contributed by atoms with E-state index >= 15 is 0 Å². The molecular weight excluding hydrogens is 346 g/mol. The van der Waals surface area contributed by atoms with Crippen LogP contribution in [0.3, 0.4) is 0 Å². The summed E-state index contributed by atoms with van der Waals surface area (Å²) in [6, 6.07) is 8.39. The van der Waals surface area contributed by atoms with Crippen molar-refractivity contribution in [3.63, 3.8) is 0 Å². The van der Waals surface area contributed by atoms with E-state index in [1.807, 2.05) is 6.92 Å². The van der Waals surface area contributed by atoms with Crippen molar-refractivity contribution in [1.29, 1.82) is 0 Å². The zero-order valence-electron chi connectivity index (χ0n) is 16.7. The summed E-state index contributed by atoms with van der Waals surface area (Å²) in [5.74, 6) is -0.146.